The molecule has 0 atom stereocenters. The lowest BCUT2D eigenvalue weighted by atomic mass is 9.97. The van der Waals surface area contributed by atoms with Crippen LogP contribution < -0.4 is 5.32 Å². The first-order chi connectivity index (χ1) is 18.8. The van der Waals surface area contributed by atoms with Crippen molar-refractivity contribution in [1.29, 1.82) is 0 Å². The molecule has 2 aromatic heterocycles. The molecule has 1 aromatic carbocycles. The maximum atomic E-state index is 5.55. The molecular weight excluding hydrogens is 490 g/mol. The molecule has 1 N–H and O–H groups in total. The van der Waals surface area contributed by atoms with Gasteiger partial charge in [-0.15, -0.1) is 11.3 Å². The zero-order chi connectivity index (χ0) is 25.7. The summed E-state index contributed by atoms with van der Waals surface area (Å²) < 4.78 is 5.55. The molecule has 1 saturated heterocycles. The molecule has 0 saturated carbocycles. The Bertz CT molecular complexity index is 1200. The van der Waals surface area contributed by atoms with E-state index in [1.807, 2.05) is 11.3 Å². The summed E-state index contributed by atoms with van der Waals surface area (Å²) in [6.07, 6.45) is 11.0. The van der Waals surface area contributed by atoms with Crippen LogP contribution in [-0.2, 0) is 37.0 Å². The highest BCUT2D eigenvalue weighted by Gasteiger charge is 2.26. The quantitative estimate of drug-likeness (QED) is 0.330. The van der Waals surface area contributed by atoms with Gasteiger partial charge in [0.15, 0.2) is 0 Å². The Hall–Kier alpha value is -2.06. The number of nitrogens with one attached hydrogen (secondary N) is 1. The van der Waals surface area contributed by atoms with Gasteiger partial charge in [0.2, 0.25) is 0 Å². The van der Waals surface area contributed by atoms with Crippen LogP contribution in [0.15, 0.2) is 24.3 Å². The van der Waals surface area contributed by atoms with Crippen molar-refractivity contribution in [3.63, 3.8) is 0 Å². The van der Waals surface area contributed by atoms with E-state index in [9.17, 15) is 0 Å². The van der Waals surface area contributed by atoms with E-state index < -0.39 is 0 Å². The van der Waals surface area contributed by atoms with Crippen LogP contribution in [0.5, 0.6) is 0 Å². The van der Waals surface area contributed by atoms with Gasteiger partial charge < -0.3 is 10.1 Å². The number of thiophene rings is 1. The first-order valence-corrected chi connectivity index (χ1v) is 15.8. The van der Waals surface area contributed by atoms with Crippen molar-refractivity contribution in [3.8, 4) is 0 Å². The third-order valence-electron chi connectivity index (χ3n) is 8.55. The zero-order valence-corrected chi connectivity index (χ0v) is 23.8. The summed E-state index contributed by atoms with van der Waals surface area (Å²) in [5.41, 5.74) is 4.63. The fraction of sp³-hybridized carbons (Fsp3) is 0.613. The minimum Gasteiger partial charge on any atom is -0.379 e. The van der Waals surface area contributed by atoms with E-state index in [4.69, 9.17) is 14.7 Å². The molecule has 6 rings (SSSR count). The second kappa shape index (κ2) is 12.4. The number of unbranched alkanes of at least 4 members (excludes halogenated alkanes) is 1. The van der Waals surface area contributed by atoms with Gasteiger partial charge in [-0.25, -0.2) is 9.97 Å². The van der Waals surface area contributed by atoms with Gasteiger partial charge in [0.25, 0.3) is 0 Å². The third kappa shape index (κ3) is 5.91. The van der Waals surface area contributed by atoms with Crippen LogP contribution in [0.3, 0.4) is 0 Å². The van der Waals surface area contributed by atoms with E-state index in [1.54, 1.807) is 16.0 Å². The number of ether oxygens (including phenoxy) is 1. The van der Waals surface area contributed by atoms with Crippen molar-refractivity contribution in [2.24, 2.45) is 0 Å². The van der Waals surface area contributed by atoms with Crippen LogP contribution in [0.1, 0.15) is 66.4 Å². The summed E-state index contributed by atoms with van der Waals surface area (Å²) in [6, 6.07) is 9.70. The summed E-state index contributed by atoms with van der Waals surface area (Å²) in [5, 5.41) is 5.10. The maximum absolute atomic E-state index is 5.55. The molecule has 6 nitrogen and oxygen atoms in total. The summed E-state index contributed by atoms with van der Waals surface area (Å²) in [6.45, 7) is 10.0. The van der Waals surface area contributed by atoms with E-state index in [-0.39, 0.29) is 0 Å². The molecule has 38 heavy (non-hydrogen) atoms. The SMILES string of the molecule is CCCN(CCCCNc1nc(CN2CCOCC2)nc2sc3c(c12)CCCC3)C1Cc2ccccc2C1. The topological polar surface area (TPSA) is 53.5 Å². The molecule has 0 unspecified atom stereocenters. The molecule has 3 aromatic rings. The molecule has 3 heterocycles. The monoisotopic (exact) mass is 533 g/mol. The molecular formula is C31H43N5OS. The van der Waals surface area contributed by atoms with E-state index in [0.717, 1.165) is 57.5 Å². The second-order valence-corrected chi connectivity index (χ2v) is 12.4. The van der Waals surface area contributed by atoms with Crippen molar-refractivity contribution in [3.05, 3.63) is 51.7 Å². The molecule has 1 aliphatic heterocycles. The van der Waals surface area contributed by atoms with E-state index in [1.165, 1.54) is 80.2 Å². The molecule has 0 amide bonds. The van der Waals surface area contributed by atoms with Crippen molar-refractivity contribution >= 4 is 27.4 Å². The van der Waals surface area contributed by atoms with Gasteiger partial charge in [-0.1, -0.05) is 31.2 Å². The Kier molecular flexibility index (Phi) is 8.55. The number of rotatable bonds is 11. The summed E-state index contributed by atoms with van der Waals surface area (Å²) in [4.78, 5) is 18.1. The van der Waals surface area contributed by atoms with Gasteiger partial charge in [-0.2, -0.15) is 0 Å². The van der Waals surface area contributed by atoms with Crippen LogP contribution in [0.4, 0.5) is 5.82 Å². The number of nitrogens with zero attached hydrogens (tertiary/aromatic N) is 4. The summed E-state index contributed by atoms with van der Waals surface area (Å²) in [7, 11) is 0. The lowest BCUT2D eigenvalue weighted by Crippen LogP contribution is -2.37. The molecule has 2 aliphatic carbocycles. The minimum atomic E-state index is 0.668. The van der Waals surface area contributed by atoms with Gasteiger partial charge in [0.05, 0.1) is 25.1 Å². The number of aromatic nitrogens is 2. The number of anilines is 1. The largest absolute Gasteiger partial charge is 0.379 e. The summed E-state index contributed by atoms with van der Waals surface area (Å²) in [5.74, 6) is 2.03. The Labute approximate surface area is 231 Å². The molecule has 204 valence electrons. The molecule has 7 heteroatoms. The van der Waals surface area contributed by atoms with Gasteiger partial charge >= 0.3 is 0 Å². The van der Waals surface area contributed by atoms with Crippen LogP contribution in [-0.4, -0.2) is 71.7 Å². The highest BCUT2D eigenvalue weighted by Crippen LogP contribution is 2.38. The maximum Gasteiger partial charge on any atom is 0.146 e. The van der Waals surface area contributed by atoms with Crippen molar-refractivity contribution in [2.75, 3.05) is 51.3 Å². The normalized spacial score (nSPS) is 18.3. The van der Waals surface area contributed by atoms with Gasteiger partial charge in [0, 0.05) is 30.6 Å². The Balaban J connectivity index is 1.09. The molecule has 0 bridgehead atoms. The average Bonchev–Trinajstić information content (AvgIpc) is 3.54. The number of fused-ring (bicyclic) bond motifs is 4. The van der Waals surface area contributed by atoms with E-state index in [2.05, 4.69) is 46.3 Å². The highest BCUT2D eigenvalue weighted by atomic mass is 32.1. The third-order valence-corrected chi connectivity index (χ3v) is 9.74. The van der Waals surface area contributed by atoms with E-state index in [0.29, 0.717) is 6.04 Å². The van der Waals surface area contributed by atoms with Crippen LogP contribution in [0, 0.1) is 0 Å². The van der Waals surface area contributed by atoms with Crippen LogP contribution >= 0.6 is 11.3 Å². The number of benzene rings is 1. The standard InChI is InChI=1S/C31H43N5OS/c1-2-14-36(25-20-23-9-3-4-10-24(23)21-25)15-8-7-13-32-30-29-26-11-5-6-12-27(26)38-31(29)34-28(33-30)22-35-16-18-37-19-17-35/h3-4,9-10,25H,2,5-8,11-22H2,1H3,(H,32,33,34). The molecule has 0 spiro atoms. The van der Waals surface area contributed by atoms with E-state index >= 15 is 0 Å². The van der Waals surface area contributed by atoms with Crippen LogP contribution in [0.25, 0.3) is 10.2 Å². The van der Waals surface area contributed by atoms with Crippen molar-refractivity contribution in [1.82, 2.24) is 19.8 Å². The minimum absolute atomic E-state index is 0.668. The first kappa shape index (κ1) is 26.2. The van der Waals surface area contributed by atoms with Crippen molar-refractivity contribution in [2.45, 2.75) is 77.3 Å². The molecule has 3 aliphatic rings. The van der Waals surface area contributed by atoms with Crippen LogP contribution in [0.2, 0.25) is 0 Å². The van der Waals surface area contributed by atoms with Gasteiger partial charge in [-0.05, 0) is 87.6 Å². The smallest absolute Gasteiger partial charge is 0.146 e. The Morgan fingerprint density at radius 1 is 1.03 bits per heavy atom. The lowest BCUT2D eigenvalue weighted by Gasteiger charge is -2.28. The average molecular weight is 534 g/mol. The fourth-order valence-corrected chi connectivity index (χ4v) is 7.84. The van der Waals surface area contributed by atoms with Crippen molar-refractivity contribution < 1.29 is 4.74 Å². The first-order valence-electron chi connectivity index (χ1n) is 14.9. The highest BCUT2D eigenvalue weighted by molar-refractivity contribution is 7.19. The Morgan fingerprint density at radius 3 is 2.61 bits per heavy atom. The number of aryl methyl sites for hydroxylation is 2. The Morgan fingerprint density at radius 2 is 1.82 bits per heavy atom. The summed E-state index contributed by atoms with van der Waals surface area (Å²) >= 11 is 1.91. The number of hydrogen-bond donors (Lipinski definition) is 1. The molecule has 1 fully saturated rings. The zero-order valence-electron chi connectivity index (χ0n) is 23.0. The van der Waals surface area contributed by atoms with Gasteiger partial charge in [0.1, 0.15) is 16.5 Å². The second-order valence-electron chi connectivity index (χ2n) is 11.3. The number of morpholine rings is 1. The molecule has 0 radical (unpaired) electrons. The number of hydrogen-bond acceptors (Lipinski definition) is 7. The fourth-order valence-electron chi connectivity index (χ4n) is 6.56. The predicted molar refractivity (Wildman–Crippen MR) is 157 cm³/mol. The predicted octanol–water partition coefficient (Wildman–Crippen LogP) is 5.47. The van der Waals surface area contributed by atoms with Gasteiger partial charge in [-0.3, -0.25) is 9.80 Å². The lowest BCUT2D eigenvalue weighted by molar-refractivity contribution is 0.0331.